The number of alkyl halides is 3. The predicted molar refractivity (Wildman–Crippen MR) is 157 cm³/mol. The van der Waals surface area contributed by atoms with Crippen molar-refractivity contribution < 1.29 is 34.8 Å². The van der Waals surface area contributed by atoms with Gasteiger partial charge in [0.05, 0.1) is 26.1 Å². The lowest BCUT2D eigenvalue weighted by Crippen LogP contribution is -2.38. The first-order valence-corrected chi connectivity index (χ1v) is 15.9. The number of carbonyl (C=O) groups excluding carboxylic acids is 1. The summed E-state index contributed by atoms with van der Waals surface area (Å²) in [5, 5.41) is 1.94. The van der Waals surface area contributed by atoms with Gasteiger partial charge in [0.2, 0.25) is 5.91 Å². The van der Waals surface area contributed by atoms with Gasteiger partial charge in [-0.1, -0.05) is 51.8 Å². The zero-order chi connectivity index (χ0) is 30.7. The highest BCUT2D eigenvalue weighted by Crippen LogP contribution is 2.36. The summed E-state index contributed by atoms with van der Waals surface area (Å²) in [4.78, 5) is 12.6. The van der Waals surface area contributed by atoms with E-state index in [-0.39, 0.29) is 26.9 Å². The molecule has 42 heavy (non-hydrogen) atoms. The summed E-state index contributed by atoms with van der Waals surface area (Å²) in [7, 11) is -8.45. The Morgan fingerprint density at radius 1 is 0.810 bits per heavy atom. The lowest BCUT2D eigenvalue weighted by molar-refractivity contribution is -0.137. The fourth-order valence-corrected chi connectivity index (χ4v) is 6.83. The number of nitrogens with zero attached hydrogens (tertiary/aromatic N) is 1. The summed E-state index contributed by atoms with van der Waals surface area (Å²) in [6.07, 6.45) is -4.79. The Kier molecular flexibility index (Phi) is 9.21. The number of anilines is 3. The molecule has 0 radical (unpaired) electrons. The molecule has 4 rings (SSSR count). The van der Waals surface area contributed by atoms with E-state index in [0.29, 0.717) is 10.5 Å². The van der Waals surface area contributed by atoms with Crippen LogP contribution in [0.3, 0.4) is 0 Å². The minimum Gasteiger partial charge on any atom is -0.325 e. The van der Waals surface area contributed by atoms with E-state index in [9.17, 15) is 34.8 Å². The van der Waals surface area contributed by atoms with Crippen LogP contribution in [0.15, 0.2) is 111 Å². The molecule has 8 nitrogen and oxygen atoms in total. The molecule has 15 heteroatoms. The molecule has 0 unspecified atom stereocenters. The summed E-state index contributed by atoms with van der Waals surface area (Å²) in [6.45, 7) is -0.604. The zero-order valence-electron chi connectivity index (χ0n) is 21.1. The molecule has 0 bridgehead atoms. The van der Waals surface area contributed by atoms with Crippen LogP contribution in [0.2, 0.25) is 5.02 Å². The van der Waals surface area contributed by atoms with Gasteiger partial charge in [-0.15, -0.1) is 0 Å². The molecular formula is C27H20BrClF3N3O5S2. The normalized spacial score (nSPS) is 12.0. The van der Waals surface area contributed by atoms with Gasteiger partial charge in [0.15, 0.2) is 0 Å². The third-order valence-corrected chi connectivity index (χ3v) is 9.70. The van der Waals surface area contributed by atoms with E-state index < -0.39 is 49.3 Å². The molecule has 0 atom stereocenters. The van der Waals surface area contributed by atoms with Crippen LogP contribution in [0.4, 0.5) is 30.2 Å². The van der Waals surface area contributed by atoms with E-state index in [2.05, 4.69) is 26.0 Å². The smallest absolute Gasteiger partial charge is 0.325 e. The Morgan fingerprint density at radius 2 is 1.45 bits per heavy atom. The molecule has 0 heterocycles. The van der Waals surface area contributed by atoms with E-state index in [1.807, 2.05) is 0 Å². The molecule has 1 amide bonds. The van der Waals surface area contributed by atoms with E-state index >= 15 is 0 Å². The van der Waals surface area contributed by atoms with Crippen molar-refractivity contribution in [3.05, 3.63) is 112 Å². The maximum atomic E-state index is 13.4. The summed E-state index contributed by atoms with van der Waals surface area (Å²) in [6, 6.07) is 21.3. The molecular weight excluding hydrogens is 683 g/mol. The Balaban J connectivity index is 1.52. The van der Waals surface area contributed by atoms with Crippen LogP contribution >= 0.6 is 27.5 Å². The SMILES string of the molecule is O=C(CN(c1cccc(Br)c1)S(=O)(=O)c1ccccc1)Nc1ccc(S(=O)(=O)Nc2ccc(Cl)c(C(F)(F)F)c2)cc1. The number of sulfonamides is 2. The number of rotatable bonds is 9. The third kappa shape index (κ3) is 7.43. The van der Waals surface area contributed by atoms with Crippen LogP contribution in [-0.2, 0) is 31.0 Å². The first-order chi connectivity index (χ1) is 19.7. The molecule has 0 aromatic heterocycles. The largest absolute Gasteiger partial charge is 0.417 e. The van der Waals surface area contributed by atoms with Crippen molar-refractivity contribution >= 4 is 70.5 Å². The summed E-state index contributed by atoms with van der Waals surface area (Å²) in [5.74, 6) is -0.718. The molecule has 220 valence electrons. The number of nitrogens with one attached hydrogen (secondary N) is 2. The van der Waals surface area contributed by atoms with Crippen molar-refractivity contribution in [3.63, 3.8) is 0 Å². The van der Waals surface area contributed by atoms with Crippen LogP contribution in [-0.4, -0.2) is 29.3 Å². The van der Waals surface area contributed by atoms with Crippen LogP contribution in [0.25, 0.3) is 0 Å². The molecule has 2 N–H and O–H groups in total. The standard InChI is InChI=1S/C27H20BrClF3N3O5S2/c28-18-5-4-6-21(15-18)35(42(39,40)23-7-2-1-3-8-23)17-26(36)33-19-9-12-22(13-10-19)41(37,38)34-20-11-14-25(29)24(16-20)27(30,31)32/h1-16,34H,17H2,(H,33,36). The van der Waals surface area contributed by atoms with Gasteiger partial charge in [-0.2, -0.15) is 13.2 Å². The molecule has 0 saturated carbocycles. The van der Waals surface area contributed by atoms with Gasteiger partial charge in [0.25, 0.3) is 20.0 Å². The maximum Gasteiger partial charge on any atom is 0.417 e. The van der Waals surface area contributed by atoms with Gasteiger partial charge in [0.1, 0.15) is 6.54 Å². The minimum atomic E-state index is -4.79. The van der Waals surface area contributed by atoms with Crippen molar-refractivity contribution in [2.75, 3.05) is 20.9 Å². The van der Waals surface area contributed by atoms with Gasteiger partial charge in [0, 0.05) is 15.8 Å². The van der Waals surface area contributed by atoms with Crippen molar-refractivity contribution in [1.82, 2.24) is 0 Å². The zero-order valence-corrected chi connectivity index (χ0v) is 25.1. The topological polar surface area (TPSA) is 113 Å². The van der Waals surface area contributed by atoms with E-state index in [0.717, 1.165) is 28.6 Å². The second kappa shape index (κ2) is 12.3. The van der Waals surface area contributed by atoms with Crippen molar-refractivity contribution in [3.8, 4) is 0 Å². The highest BCUT2D eigenvalue weighted by Gasteiger charge is 2.34. The van der Waals surface area contributed by atoms with E-state index in [4.69, 9.17) is 11.6 Å². The van der Waals surface area contributed by atoms with Gasteiger partial charge in [-0.25, -0.2) is 16.8 Å². The average molecular weight is 703 g/mol. The molecule has 0 aliphatic carbocycles. The maximum absolute atomic E-state index is 13.4. The minimum absolute atomic E-state index is 0.0251. The summed E-state index contributed by atoms with van der Waals surface area (Å²) in [5.41, 5.74) is -1.17. The van der Waals surface area contributed by atoms with Gasteiger partial charge in [-0.3, -0.25) is 13.8 Å². The number of benzene rings is 4. The number of hydrogen-bond acceptors (Lipinski definition) is 5. The lowest BCUT2D eigenvalue weighted by Gasteiger charge is -2.24. The molecule has 0 aliphatic rings. The van der Waals surface area contributed by atoms with Crippen LogP contribution < -0.4 is 14.3 Å². The molecule has 4 aromatic rings. The Labute approximate surface area is 253 Å². The van der Waals surface area contributed by atoms with Gasteiger partial charge >= 0.3 is 6.18 Å². The Hall–Kier alpha value is -3.59. The molecule has 4 aromatic carbocycles. The van der Waals surface area contributed by atoms with Crippen molar-refractivity contribution in [1.29, 1.82) is 0 Å². The van der Waals surface area contributed by atoms with Crippen LogP contribution in [0.1, 0.15) is 5.56 Å². The lowest BCUT2D eigenvalue weighted by atomic mass is 10.2. The quantitative estimate of drug-likeness (QED) is 0.200. The summed E-state index contributed by atoms with van der Waals surface area (Å²) >= 11 is 8.89. The highest BCUT2D eigenvalue weighted by molar-refractivity contribution is 9.10. The van der Waals surface area contributed by atoms with Crippen molar-refractivity contribution in [2.24, 2.45) is 0 Å². The Bertz CT molecular complexity index is 1820. The predicted octanol–water partition coefficient (Wildman–Crippen LogP) is 6.76. The molecule has 0 saturated heterocycles. The van der Waals surface area contributed by atoms with E-state index in [1.165, 1.54) is 30.3 Å². The van der Waals surface area contributed by atoms with Gasteiger partial charge in [-0.05, 0) is 72.8 Å². The number of amides is 1. The van der Waals surface area contributed by atoms with Crippen molar-refractivity contribution in [2.45, 2.75) is 16.0 Å². The molecule has 0 spiro atoms. The fraction of sp³-hybridized carbons (Fsp3) is 0.0741. The first kappa shape index (κ1) is 31.3. The fourth-order valence-electron chi connectivity index (χ4n) is 3.73. The number of carbonyl (C=O) groups is 1. The molecule has 0 fully saturated rings. The highest BCUT2D eigenvalue weighted by atomic mass is 79.9. The molecule has 0 aliphatic heterocycles. The average Bonchev–Trinajstić information content (AvgIpc) is 2.93. The second-order valence-corrected chi connectivity index (χ2v) is 13.5. The van der Waals surface area contributed by atoms with Crippen LogP contribution in [0, 0.1) is 0 Å². The first-order valence-electron chi connectivity index (χ1n) is 11.8. The van der Waals surface area contributed by atoms with E-state index in [1.54, 1.807) is 36.4 Å². The third-order valence-electron chi connectivity index (χ3n) is 5.69. The van der Waals surface area contributed by atoms with Crippen LogP contribution in [0.5, 0.6) is 0 Å². The monoisotopic (exact) mass is 701 g/mol. The summed E-state index contributed by atoms with van der Waals surface area (Å²) < 4.78 is 95.4. The van der Waals surface area contributed by atoms with Gasteiger partial charge < -0.3 is 5.32 Å². The Morgan fingerprint density at radius 3 is 2.07 bits per heavy atom. The number of hydrogen-bond donors (Lipinski definition) is 2. The second-order valence-electron chi connectivity index (χ2n) is 8.68. The number of halogens is 5.